The number of carbonyl (C=O) groups is 1. The number of aliphatic hydroxyl groups is 1. The average Bonchev–Trinajstić information content (AvgIpc) is 3.44. The molecule has 6 nitrogen and oxygen atoms in total. The second-order valence-electron chi connectivity index (χ2n) is 8.95. The number of thiophene rings is 1. The molecule has 0 saturated carbocycles. The van der Waals surface area contributed by atoms with Crippen molar-refractivity contribution in [2.45, 2.75) is 51.4 Å². The highest BCUT2D eigenvalue weighted by molar-refractivity contribution is 7.10. The van der Waals surface area contributed by atoms with E-state index in [-0.39, 0.29) is 24.6 Å². The topological polar surface area (TPSA) is 62.2 Å². The maximum Gasteiger partial charge on any atom is 0.237 e. The van der Waals surface area contributed by atoms with E-state index in [1.807, 2.05) is 34.1 Å². The minimum atomic E-state index is -0.491. The Morgan fingerprint density at radius 1 is 1.34 bits per heavy atom. The monoisotopic (exact) mass is 458 g/mol. The molecule has 3 heterocycles. The Morgan fingerprint density at radius 3 is 2.88 bits per heavy atom. The normalized spacial score (nSPS) is 21.6. The molecule has 0 spiro atoms. The number of aryl methyl sites for hydroxylation is 1. The first-order valence-corrected chi connectivity index (χ1v) is 12.4. The van der Waals surface area contributed by atoms with Gasteiger partial charge in [-0.2, -0.15) is 0 Å². The molecule has 1 N–H and O–H groups in total. The van der Waals surface area contributed by atoms with Gasteiger partial charge in [-0.1, -0.05) is 17.7 Å². The number of hydrogen-bond acceptors (Lipinski definition) is 6. The zero-order valence-electron chi connectivity index (χ0n) is 19.0. The van der Waals surface area contributed by atoms with Crippen LogP contribution >= 0.6 is 11.3 Å². The van der Waals surface area contributed by atoms with Crippen molar-refractivity contribution in [3.63, 3.8) is 0 Å². The van der Waals surface area contributed by atoms with Crippen molar-refractivity contribution in [3.8, 4) is 5.75 Å². The lowest BCUT2D eigenvalue weighted by Crippen LogP contribution is -2.48. The first-order valence-electron chi connectivity index (χ1n) is 11.6. The Labute approximate surface area is 194 Å². The Balaban J connectivity index is 1.45. The zero-order valence-corrected chi connectivity index (χ0v) is 19.9. The van der Waals surface area contributed by atoms with Crippen molar-refractivity contribution in [2.75, 3.05) is 39.4 Å². The van der Waals surface area contributed by atoms with Crippen LogP contribution < -0.4 is 4.74 Å². The number of rotatable bonds is 9. The van der Waals surface area contributed by atoms with Crippen LogP contribution in [0.1, 0.15) is 41.8 Å². The van der Waals surface area contributed by atoms with Crippen molar-refractivity contribution < 1.29 is 19.4 Å². The molecular formula is C25H34N2O4S. The zero-order chi connectivity index (χ0) is 22.5. The number of fused-ring (bicyclic) bond motifs is 1. The van der Waals surface area contributed by atoms with Crippen LogP contribution in [0.5, 0.6) is 5.75 Å². The molecule has 174 valence electrons. The van der Waals surface area contributed by atoms with Gasteiger partial charge in [0.05, 0.1) is 24.8 Å². The maximum absolute atomic E-state index is 13.5. The SMILES string of the molecule is Cc1ccc(OC[C@@H]2c3ccsc3CCN2C(=O)CN(C[C@H]2CCCO2)C[C@H](C)O)cc1. The maximum atomic E-state index is 13.5. The highest BCUT2D eigenvalue weighted by atomic mass is 32.1. The molecular weight excluding hydrogens is 424 g/mol. The third-order valence-electron chi connectivity index (χ3n) is 6.21. The summed E-state index contributed by atoms with van der Waals surface area (Å²) in [6, 6.07) is 10.1. The predicted molar refractivity (Wildman–Crippen MR) is 126 cm³/mol. The fraction of sp³-hybridized carbons (Fsp3) is 0.560. The minimum absolute atomic E-state index is 0.0815. The summed E-state index contributed by atoms with van der Waals surface area (Å²) in [4.78, 5) is 18.8. The third-order valence-corrected chi connectivity index (χ3v) is 7.21. The quantitative estimate of drug-likeness (QED) is 0.624. The van der Waals surface area contributed by atoms with Crippen molar-refractivity contribution >= 4 is 17.2 Å². The Hall–Kier alpha value is -1.93. The lowest BCUT2D eigenvalue weighted by molar-refractivity contribution is -0.136. The van der Waals surface area contributed by atoms with Gasteiger partial charge in [-0.25, -0.2) is 0 Å². The van der Waals surface area contributed by atoms with E-state index in [0.717, 1.165) is 31.6 Å². The van der Waals surface area contributed by atoms with Crippen LogP contribution in [0.15, 0.2) is 35.7 Å². The number of aliphatic hydroxyl groups excluding tert-OH is 1. The predicted octanol–water partition coefficient (Wildman–Crippen LogP) is 3.42. The van der Waals surface area contributed by atoms with Gasteiger partial charge in [0.25, 0.3) is 0 Å². The molecule has 4 rings (SSSR count). The molecule has 2 aliphatic rings. The van der Waals surface area contributed by atoms with E-state index in [2.05, 4.69) is 18.4 Å². The van der Waals surface area contributed by atoms with Crippen LogP contribution in [0.3, 0.4) is 0 Å². The number of nitrogens with zero attached hydrogens (tertiary/aromatic N) is 2. The number of carbonyl (C=O) groups excluding carboxylic acids is 1. The second kappa shape index (κ2) is 10.8. The highest BCUT2D eigenvalue weighted by Gasteiger charge is 2.33. The molecule has 32 heavy (non-hydrogen) atoms. The van der Waals surface area contributed by atoms with Crippen LogP contribution in [-0.4, -0.2) is 72.4 Å². The molecule has 2 aliphatic heterocycles. The van der Waals surface area contributed by atoms with E-state index >= 15 is 0 Å². The molecule has 0 unspecified atom stereocenters. The largest absolute Gasteiger partial charge is 0.491 e. The molecule has 1 aromatic heterocycles. The summed E-state index contributed by atoms with van der Waals surface area (Å²) in [5, 5.41) is 12.1. The molecule has 7 heteroatoms. The molecule has 1 amide bonds. The van der Waals surface area contributed by atoms with Crippen molar-refractivity contribution in [1.29, 1.82) is 0 Å². The van der Waals surface area contributed by atoms with Crippen LogP contribution in [0.25, 0.3) is 0 Å². The summed E-state index contributed by atoms with van der Waals surface area (Å²) in [6.07, 6.45) is 2.61. The van der Waals surface area contributed by atoms with E-state index in [9.17, 15) is 9.90 Å². The number of ether oxygens (including phenoxy) is 2. The third kappa shape index (κ3) is 5.90. The first-order chi connectivity index (χ1) is 15.5. The number of hydrogen-bond donors (Lipinski definition) is 1. The van der Waals surface area contributed by atoms with Gasteiger partial charge >= 0.3 is 0 Å². The molecule has 2 aromatic rings. The lowest BCUT2D eigenvalue weighted by atomic mass is 10.0. The standard InChI is InChI=1S/C25H34N2O4S/c1-18-5-7-20(8-6-18)31-17-23-22-10-13-32-24(22)9-11-27(23)25(29)16-26(14-19(2)28)15-21-4-3-12-30-21/h5-8,10,13,19,21,23,28H,3-4,9,11-12,14-17H2,1-2H3/t19-,21+,23+/m0/s1. The van der Waals surface area contributed by atoms with Crippen LogP contribution in [0.4, 0.5) is 0 Å². The number of benzene rings is 1. The Kier molecular flexibility index (Phi) is 7.84. The lowest BCUT2D eigenvalue weighted by Gasteiger charge is -2.37. The van der Waals surface area contributed by atoms with E-state index < -0.39 is 6.10 Å². The molecule has 0 radical (unpaired) electrons. The number of amides is 1. The first kappa shape index (κ1) is 23.2. The summed E-state index contributed by atoms with van der Waals surface area (Å²) >= 11 is 1.76. The van der Waals surface area contributed by atoms with Gasteiger partial charge in [0.15, 0.2) is 0 Å². The smallest absolute Gasteiger partial charge is 0.237 e. The van der Waals surface area contributed by atoms with Crippen molar-refractivity contribution in [1.82, 2.24) is 9.80 Å². The molecule has 0 aliphatic carbocycles. The Morgan fingerprint density at radius 2 is 2.16 bits per heavy atom. The van der Waals surface area contributed by atoms with Gasteiger partial charge in [0.1, 0.15) is 12.4 Å². The molecule has 1 fully saturated rings. The van der Waals surface area contributed by atoms with Gasteiger partial charge in [0, 0.05) is 31.1 Å². The Bertz CT molecular complexity index is 876. The van der Waals surface area contributed by atoms with Crippen LogP contribution in [0, 0.1) is 6.92 Å². The van der Waals surface area contributed by atoms with E-state index in [4.69, 9.17) is 9.47 Å². The second-order valence-corrected chi connectivity index (χ2v) is 9.95. The summed E-state index contributed by atoms with van der Waals surface area (Å²) in [7, 11) is 0. The van der Waals surface area contributed by atoms with Gasteiger partial charge in [-0.15, -0.1) is 11.3 Å². The highest BCUT2D eigenvalue weighted by Crippen LogP contribution is 2.34. The molecule has 1 aromatic carbocycles. The molecule has 1 saturated heterocycles. The molecule has 3 atom stereocenters. The summed E-state index contributed by atoms with van der Waals surface area (Å²) < 4.78 is 11.9. The van der Waals surface area contributed by atoms with E-state index in [0.29, 0.717) is 26.2 Å². The fourth-order valence-corrected chi connectivity index (χ4v) is 5.55. The average molecular weight is 459 g/mol. The summed E-state index contributed by atoms with van der Waals surface area (Å²) in [5.74, 6) is 0.900. The van der Waals surface area contributed by atoms with Gasteiger partial charge < -0.3 is 19.5 Å². The van der Waals surface area contributed by atoms with Gasteiger partial charge in [-0.05, 0) is 62.3 Å². The van der Waals surface area contributed by atoms with Crippen LogP contribution in [-0.2, 0) is 16.0 Å². The van der Waals surface area contributed by atoms with E-state index in [1.165, 1.54) is 16.0 Å². The molecule has 0 bridgehead atoms. The van der Waals surface area contributed by atoms with Crippen LogP contribution in [0.2, 0.25) is 0 Å². The summed E-state index contributed by atoms with van der Waals surface area (Å²) in [5.41, 5.74) is 2.39. The van der Waals surface area contributed by atoms with E-state index in [1.54, 1.807) is 18.3 Å². The summed E-state index contributed by atoms with van der Waals surface area (Å²) in [6.45, 7) is 7.16. The fourth-order valence-electron chi connectivity index (χ4n) is 4.62. The minimum Gasteiger partial charge on any atom is -0.491 e. The van der Waals surface area contributed by atoms with Gasteiger partial charge in [-0.3, -0.25) is 9.69 Å². The van der Waals surface area contributed by atoms with Crippen molar-refractivity contribution in [2.24, 2.45) is 0 Å². The van der Waals surface area contributed by atoms with Gasteiger partial charge in [0.2, 0.25) is 5.91 Å². The van der Waals surface area contributed by atoms with Crippen molar-refractivity contribution in [3.05, 3.63) is 51.7 Å².